The predicted octanol–water partition coefficient (Wildman–Crippen LogP) is -0.814. The molecule has 1 N–H and O–H groups in total. The number of nitrogens with zero attached hydrogens (tertiary/aromatic N) is 2. The van der Waals surface area contributed by atoms with Crippen LogP contribution in [0.15, 0.2) is 18.7 Å². The molecule has 0 bridgehead atoms. The van der Waals surface area contributed by atoms with Crippen LogP contribution in [0, 0.1) is 0 Å². The van der Waals surface area contributed by atoms with Crippen LogP contribution in [-0.4, -0.2) is 41.4 Å². The van der Waals surface area contributed by atoms with Crippen molar-refractivity contribution in [1.29, 1.82) is 0 Å². The zero-order chi connectivity index (χ0) is 11.6. The lowest BCUT2D eigenvalue weighted by Crippen LogP contribution is -2.37. The minimum Gasteiger partial charge on any atom is -0.351 e. The highest BCUT2D eigenvalue weighted by molar-refractivity contribution is 7.91. The normalized spacial score (nSPS) is 23.1. The second-order valence-corrected chi connectivity index (χ2v) is 6.13. The van der Waals surface area contributed by atoms with Crippen LogP contribution < -0.4 is 5.32 Å². The second kappa shape index (κ2) is 4.25. The number of amides is 1. The molecule has 16 heavy (non-hydrogen) atoms. The van der Waals surface area contributed by atoms with Crippen LogP contribution in [0.2, 0.25) is 0 Å². The Morgan fingerprint density at radius 1 is 1.56 bits per heavy atom. The third-order valence-electron chi connectivity index (χ3n) is 2.48. The molecule has 0 aliphatic carbocycles. The highest BCUT2D eigenvalue weighted by Crippen LogP contribution is 2.10. The predicted molar refractivity (Wildman–Crippen MR) is 57.4 cm³/mol. The van der Waals surface area contributed by atoms with Crippen molar-refractivity contribution in [2.45, 2.75) is 19.0 Å². The molecule has 1 aliphatic heterocycles. The molecule has 6 nitrogen and oxygen atoms in total. The molecule has 0 radical (unpaired) electrons. The molecule has 88 valence electrons. The summed E-state index contributed by atoms with van der Waals surface area (Å²) in [7, 11) is -2.94. The van der Waals surface area contributed by atoms with E-state index in [0.717, 1.165) is 0 Å². The van der Waals surface area contributed by atoms with E-state index in [1.54, 1.807) is 23.3 Å². The monoisotopic (exact) mass is 243 g/mol. The molecule has 2 heterocycles. The maximum atomic E-state index is 11.5. The molecule has 7 heteroatoms. The quantitative estimate of drug-likeness (QED) is 0.752. The van der Waals surface area contributed by atoms with Crippen molar-refractivity contribution in [2.75, 3.05) is 11.5 Å². The molecule has 1 aromatic heterocycles. The standard InChI is InChI=1S/C9H13N3O3S/c13-9(5-12-3-2-10-7-12)11-8-1-4-16(14,15)6-8/h2-3,7-8H,1,4-6H2,(H,11,13). The highest BCUT2D eigenvalue weighted by Gasteiger charge is 2.28. The van der Waals surface area contributed by atoms with Crippen molar-refractivity contribution in [3.8, 4) is 0 Å². The third kappa shape index (κ3) is 2.82. The molecule has 1 fully saturated rings. The van der Waals surface area contributed by atoms with E-state index in [0.29, 0.717) is 6.42 Å². The Morgan fingerprint density at radius 3 is 2.94 bits per heavy atom. The first-order valence-corrected chi connectivity index (χ1v) is 6.83. The highest BCUT2D eigenvalue weighted by atomic mass is 32.2. The molecule has 1 aromatic rings. The summed E-state index contributed by atoms with van der Waals surface area (Å²) in [6, 6.07) is -0.235. The molecule has 1 amide bonds. The Hall–Kier alpha value is -1.37. The number of rotatable bonds is 3. The number of nitrogens with one attached hydrogen (secondary N) is 1. The molecule has 0 aromatic carbocycles. The van der Waals surface area contributed by atoms with Crippen LogP contribution in [0.25, 0.3) is 0 Å². The Labute approximate surface area is 93.6 Å². The van der Waals surface area contributed by atoms with Gasteiger partial charge in [0.2, 0.25) is 5.91 Å². The molecule has 1 unspecified atom stereocenters. The molecule has 0 spiro atoms. The zero-order valence-corrected chi connectivity index (χ0v) is 9.48. The summed E-state index contributed by atoms with van der Waals surface area (Å²) in [5.74, 6) is 0.0474. The van der Waals surface area contributed by atoms with Crippen molar-refractivity contribution in [2.24, 2.45) is 0 Å². The fraction of sp³-hybridized carbons (Fsp3) is 0.556. The van der Waals surface area contributed by atoms with E-state index in [2.05, 4.69) is 10.3 Å². The summed E-state index contributed by atoms with van der Waals surface area (Å²) in [5, 5.41) is 2.71. The number of hydrogen-bond acceptors (Lipinski definition) is 4. The van der Waals surface area contributed by atoms with Gasteiger partial charge in [-0.1, -0.05) is 0 Å². The van der Waals surface area contributed by atoms with Crippen LogP contribution >= 0.6 is 0 Å². The van der Waals surface area contributed by atoms with Crippen molar-refractivity contribution in [1.82, 2.24) is 14.9 Å². The number of carbonyl (C=O) groups excluding carboxylic acids is 1. The van der Waals surface area contributed by atoms with Crippen molar-refractivity contribution in [3.05, 3.63) is 18.7 Å². The number of aromatic nitrogens is 2. The van der Waals surface area contributed by atoms with Gasteiger partial charge in [0.25, 0.3) is 0 Å². The zero-order valence-electron chi connectivity index (χ0n) is 8.67. The molecular weight excluding hydrogens is 230 g/mol. The fourth-order valence-corrected chi connectivity index (χ4v) is 3.40. The lowest BCUT2D eigenvalue weighted by Gasteiger charge is -2.10. The second-order valence-electron chi connectivity index (χ2n) is 3.90. The number of sulfone groups is 1. The Balaban J connectivity index is 1.85. The lowest BCUT2D eigenvalue weighted by molar-refractivity contribution is -0.122. The van der Waals surface area contributed by atoms with E-state index in [1.807, 2.05) is 0 Å². The van der Waals surface area contributed by atoms with Crippen molar-refractivity contribution >= 4 is 15.7 Å². The van der Waals surface area contributed by atoms with Crippen molar-refractivity contribution < 1.29 is 13.2 Å². The first kappa shape index (κ1) is 11.1. The average Bonchev–Trinajstić information content (AvgIpc) is 2.76. The SMILES string of the molecule is O=C(Cn1ccnc1)NC1CCS(=O)(=O)C1. The summed E-state index contributed by atoms with van der Waals surface area (Å²) >= 11 is 0. The van der Waals surface area contributed by atoms with Gasteiger partial charge < -0.3 is 9.88 Å². The van der Waals surface area contributed by atoms with Crippen molar-refractivity contribution in [3.63, 3.8) is 0 Å². The van der Waals surface area contributed by atoms with E-state index in [9.17, 15) is 13.2 Å². The Kier molecular flexibility index (Phi) is 2.95. The first-order chi connectivity index (χ1) is 7.55. The summed E-state index contributed by atoms with van der Waals surface area (Å²) in [6.07, 6.45) is 5.33. The van der Waals surface area contributed by atoms with Crippen LogP contribution in [0.5, 0.6) is 0 Å². The smallest absolute Gasteiger partial charge is 0.240 e. The summed E-state index contributed by atoms with van der Waals surface area (Å²) in [4.78, 5) is 15.3. The van der Waals surface area contributed by atoms with Gasteiger partial charge in [0.15, 0.2) is 9.84 Å². The molecule has 2 rings (SSSR count). The van der Waals surface area contributed by atoms with E-state index in [-0.39, 0.29) is 30.0 Å². The maximum absolute atomic E-state index is 11.5. The summed E-state index contributed by atoms with van der Waals surface area (Å²) < 4.78 is 24.0. The van der Waals surface area contributed by atoms with E-state index in [4.69, 9.17) is 0 Å². The van der Waals surface area contributed by atoms with Gasteiger partial charge in [-0.25, -0.2) is 13.4 Å². The third-order valence-corrected chi connectivity index (χ3v) is 4.25. The lowest BCUT2D eigenvalue weighted by atomic mass is 10.2. The van der Waals surface area contributed by atoms with Gasteiger partial charge in [-0.2, -0.15) is 0 Å². The minimum atomic E-state index is -2.94. The molecule has 1 aliphatic rings. The van der Waals surface area contributed by atoms with Crippen LogP contribution in [0.1, 0.15) is 6.42 Å². The van der Waals surface area contributed by atoms with Gasteiger partial charge in [0, 0.05) is 18.4 Å². The summed E-state index contributed by atoms with van der Waals surface area (Å²) in [5.41, 5.74) is 0. The number of hydrogen-bond donors (Lipinski definition) is 1. The maximum Gasteiger partial charge on any atom is 0.240 e. The number of imidazole rings is 1. The molecule has 1 atom stereocenters. The van der Waals surface area contributed by atoms with Gasteiger partial charge in [0.1, 0.15) is 6.54 Å². The van der Waals surface area contributed by atoms with Crippen LogP contribution in [0.4, 0.5) is 0 Å². The topological polar surface area (TPSA) is 81.1 Å². The Morgan fingerprint density at radius 2 is 2.38 bits per heavy atom. The van der Waals surface area contributed by atoms with Crippen LogP contribution in [-0.2, 0) is 21.2 Å². The van der Waals surface area contributed by atoms with E-state index >= 15 is 0 Å². The van der Waals surface area contributed by atoms with E-state index < -0.39 is 9.84 Å². The van der Waals surface area contributed by atoms with E-state index in [1.165, 1.54) is 0 Å². The van der Waals surface area contributed by atoms with Gasteiger partial charge in [-0.3, -0.25) is 4.79 Å². The summed E-state index contributed by atoms with van der Waals surface area (Å²) in [6.45, 7) is 0.177. The Bertz CT molecular complexity index is 466. The first-order valence-electron chi connectivity index (χ1n) is 5.01. The fourth-order valence-electron chi connectivity index (χ4n) is 1.73. The minimum absolute atomic E-state index is 0.0582. The van der Waals surface area contributed by atoms with Gasteiger partial charge in [-0.15, -0.1) is 0 Å². The molecular formula is C9H13N3O3S. The molecule has 0 saturated carbocycles. The molecule has 1 saturated heterocycles. The van der Waals surface area contributed by atoms with Gasteiger partial charge >= 0.3 is 0 Å². The van der Waals surface area contributed by atoms with Crippen LogP contribution in [0.3, 0.4) is 0 Å². The van der Waals surface area contributed by atoms with Gasteiger partial charge in [0.05, 0.1) is 17.8 Å². The average molecular weight is 243 g/mol. The largest absolute Gasteiger partial charge is 0.351 e. The number of carbonyl (C=O) groups is 1. The van der Waals surface area contributed by atoms with Gasteiger partial charge in [-0.05, 0) is 6.42 Å².